The molecule has 0 saturated heterocycles. The zero-order valence-corrected chi connectivity index (χ0v) is 21.9. The molecule has 38 heavy (non-hydrogen) atoms. The van der Waals surface area contributed by atoms with Crippen LogP contribution in [0.4, 0.5) is 0 Å². The van der Waals surface area contributed by atoms with E-state index in [1.807, 2.05) is 6.92 Å². The van der Waals surface area contributed by atoms with Crippen LogP contribution in [-0.4, -0.2) is 94.9 Å². The Kier molecular flexibility index (Phi) is 52.5. The molecule has 0 aromatic rings. The van der Waals surface area contributed by atoms with Crippen LogP contribution >= 0.6 is 0 Å². The standard InChI is InChI=1S/C4H6O4.2C4H8O2.C3H4O3.C3H6O2.C2H4O2.CH2O2/c5-3(6)1-2-4(7)8;1-3(2)4(5)6;1-2-3-4(5)6;1-2(4)3(5)6;1-2-3(4)5;1-2(3)4;2-1-3/h1-2H2,(H,5,6)(H,7,8);3H,1-2H3,(H,5,6);2-3H2,1H3,(H,5,6);1H3,(H,5,6);2H2,1H3,(H,4,5);1H3,(H,3,4);1H,(H,2,3). The maximum Gasteiger partial charge on any atom is 0.371 e. The number of hydrogen-bond donors (Lipinski definition) is 8. The Labute approximate surface area is 218 Å². The molecule has 0 aliphatic heterocycles. The number of carbonyl (C=O) groups excluding carboxylic acids is 1. The average molecular weight is 563 g/mol. The summed E-state index contributed by atoms with van der Waals surface area (Å²) in [6.07, 6.45) is 0.653. The van der Waals surface area contributed by atoms with Gasteiger partial charge in [-0.05, 0) is 6.42 Å². The second-order valence-electron chi connectivity index (χ2n) is 6.16. The van der Waals surface area contributed by atoms with Gasteiger partial charge >= 0.3 is 35.8 Å². The molecule has 0 atom stereocenters. The third kappa shape index (κ3) is 161. The van der Waals surface area contributed by atoms with Gasteiger partial charge in [0, 0.05) is 26.7 Å². The molecule has 17 heteroatoms. The van der Waals surface area contributed by atoms with Crippen molar-refractivity contribution < 1.29 is 84.0 Å². The van der Waals surface area contributed by atoms with Crippen molar-refractivity contribution in [1.82, 2.24) is 0 Å². The summed E-state index contributed by atoms with van der Waals surface area (Å²) >= 11 is 0. The molecule has 0 amide bonds. The molecule has 0 unspecified atom stereocenters. The smallest absolute Gasteiger partial charge is 0.371 e. The van der Waals surface area contributed by atoms with E-state index in [4.69, 9.17) is 50.4 Å². The number of carbonyl (C=O) groups is 9. The highest BCUT2D eigenvalue weighted by molar-refractivity contribution is 6.31. The first kappa shape index (κ1) is 50.3. The third-order valence-electron chi connectivity index (χ3n) is 2.11. The molecule has 8 N–H and O–H groups in total. The Morgan fingerprint density at radius 1 is 0.632 bits per heavy atom. The maximum atomic E-state index is 9.70. The zero-order chi connectivity index (χ0) is 32.4. The normalized spacial score (nSPS) is 7.66. The third-order valence-corrected chi connectivity index (χ3v) is 2.11. The fourth-order valence-corrected chi connectivity index (χ4v) is 0.428. The van der Waals surface area contributed by atoms with E-state index in [1.54, 1.807) is 20.8 Å². The van der Waals surface area contributed by atoms with Crippen molar-refractivity contribution in [3.05, 3.63) is 0 Å². The Bertz CT molecular complexity index is 666. The van der Waals surface area contributed by atoms with Crippen LogP contribution < -0.4 is 0 Å². The van der Waals surface area contributed by atoms with Crippen LogP contribution in [0.15, 0.2) is 0 Å². The monoisotopic (exact) mass is 562 g/mol. The topological polar surface area (TPSA) is 315 Å². The van der Waals surface area contributed by atoms with E-state index < -0.39 is 47.6 Å². The summed E-state index contributed by atoms with van der Waals surface area (Å²) < 4.78 is 0. The van der Waals surface area contributed by atoms with Gasteiger partial charge in [0.05, 0.1) is 18.8 Å². The van der Waals surface area contributed by atoms with Crippen LogP contribution in [0.2, 0.25) is 0 Å². The zero-order valence-electron chi connectivity index (χ0n) is 21.9. The minimum atomic E-state index is -1.38. The average Bonchev–Trinajstić information content (AvgIpc) is 2.74. The van der Waals surface area contributed by atoms with Crippen LogP contribution in [0.3, 0.4) is 0 Å². The van der Waals surface area contributed by atoms with Crippen LogP contribution in [-0.2, 0) is 43.2 Å². The van der Waals surface area contributed by atoms with Crippen LogP contribution in [0.1, 0.15) is 73.6 Å². The van der Waals surface area contributed by atoms with Gasteiger partial charge in [-0.25, -0.2) is 4.79 Å². The molecule has 0 spiro atoms. The summed E-state index contributed by atoms with van der Waals surface area (Å²) in [6.45, 7) is 8.56. The van der Waals surface area contributed by atoms with Crippen molar-refractivity contribution in [3.8, 4) is 0 Å². The number of Topliss-reactive ketones (excluding diaryl/α,β-unsaturated/α-hetero) is 1. The molecule has 0 aliphatic rings. The van der Waals surface area contributed by atoms with Crippen molar-refractivity contribution in [2.75, 3.05) is 0 Å². The van der Waals surface area contributed by atoms with E-state index in [1.165, 1.54) is 0 Å². The molecule has 0 aromatic heterocycles. The largest absolute Gasteiger partial charge is 0.483 e. The number of rotatable bonds is 8. The van der Waals surface area contributed by atoms with E-state index in [0.29, 0.717) is 6.42 Å². The lowest BCUT2D eigenvalue weighted by molar-refractivity contribution is -0.148. The van der Waals surface area contributed by atoms with Crippen LogP contribution in [0.5, 0.6) is 0 Å². The number of aliphatic carboxylic acids is 7. The second kappa shape index (κ2) is 39.6. The van der Waals surface area contributed by atoms with Crippen molar-refractivity contribution in [3.63, 3.8) is 0 Å². The van der Waals surface area contributed by atoms with Crippen molar-refractivity contribution in [2.24, 2.45) is 5.92 Å². The van der Waals surface area contributed by atoms with E-state index >= 15 is 0 Å². The number of hydrogen-bond acceptors (Lipinski definition) is 9. The summed E-state index contributed by atoms with van der Waals surface area (Å²) in [7, 11) is 0. The second-order valence-corrected chi connectivity index (χ2v) is 6.16. The maximum absolute atomic E-state index is 9.70. The van der Waals surface area contributed by atoms with Gasteiger partial charge in [-0.2, -0.15) is 0 Å². The highest BCUT2D eigenvalue weighted by Gasteiger charge is 2.00. The van der Waals surface area contributed by atoms with Gasteiger partial charge < -0.3 is 40.9 Å². The Hall–Kier alpha value is -4.57. The summed E-state index contributed by atoms with van der Waals surface area (Å²) in [5, 5.41) is 61.4. The predicted molar refractivity (Wildman–Crippen MR) is 128 cm³/mol. The number of ketones is 1. The molecular weight excluding hydrogens is 524 g/mol. The molecule has 17 nitrogen and oxygen atoms in total. The molecular formula is C21H38O17. The molecule has 0 heterocycles. The first-order valence-corrected chi connectivity index (χ1v) is 10.2. The SMILES string of the molecule is CC(=O)C(=O)O.CC(=O)O.CC(C)C(=O)O.CCC(=O)O.CCCC(=O)O.O=C(O)CCC(=O)O.O=CO. The highest BCUT2D eigenvalue weighted by Crippen LogP contribution is 1.87. The van der Waals surface area contributed by atoms with Crippen LogP contribution in [0.25, 0.3) is 0 Å². The van der Waals surface area contributed by atoms with Gasteiger partial charge in [-0.1, -0.05) is 27.7 Å². The van der Waals surface area contributed by atoms with Gasteiger partial charge in [0.2, 0.25) is 5.78 Å². The highest BCUT2D eigenvalue weighted by atomic mass is 16.4. The summed E-state index contributed by atoms with van der Waals surface area (Å²) in [5.74, 6) is -7.62. The van der Waals surface area contributed by atoms with Crippen molar-refractivity contribution in [2.45, 2.75) is 73.6 Å². The van der Waals surface area contributed by atoms with Gasteiger partial charge in [0.25, 0.3) is 12.4 Å². The fourth-order valence-electron chi connectivity index (χ4n) is 0.428. The Morgan fingerprint density at radius 3 is 0.842 bits per heavy atom. The summed E-state index contributed by atoms with van der Waals surface area (Å²) in [5.41, 5.74) is 0. The lowest BCUT2D eigenvalue weighted by atomic mass is 10.2. The molecule has 0 fully saturated rings. The first-order valence-electron chi connectivity index (χ1n) is 10.2. The van der Waals surface area contributed by atoms with Crippen molar-refractivity contribution in [1.29, 1.82) is 0 Å². The van der Waals surface area contributed by atoms with E-state index in [-0.39, 0.29) is 31.7 Å². The van der Waals surface area contributed by atoms with E-state index in [9.17, 15) is 33.6 Å². The van der Waals surface area contributed by atoms with Gasteiger partial charge in [-0.3, -0.25) is 38.4 Å². The van der Waals surface area contributed by atoms with Crippen LogP contribution in [0, 0.1) is 5.92 Å². The Balaban J connectivity index is -0.0000000601. The summed E-state index contributed by atoms with van der Waals surface area (Å²) in [6, 6.07) is 0. The molecule has 224 valence electrons. The van der Waals surface area contributed by atoms with E-state index in [0.717, 1.165) is 20.3 Å². The molecule has 0 aromatic carbocycles. The summed E-state index contributed by atoms with van der Waals surface area (Å²) in [4.78, 5) is 84.2. The van der Waals surface area contributed by atoms with Crippen molar-refractivity contribution >= 4 is 54.0 Å². The van der Waals surface area contributed by atoms with Gasteiger partial charge in [-0.15, -0.1) is 0 Å². The molecule has 0 radical (unpaired) electrons. The van der Waals surface area contributed by atoms with E-state index in [2.05, 4.69) is 0 Å². The molecule has 0 bridgehead atoms. The molecule has 0 rings (SSSR count). The predicted octanol–water partition coefficient (Wildman–Crippen LogP) is 1.47. The van der Waals surface area contributed by atoms with Gasteiger partial charge in [0.15, 0.2) is 0 Å². The number of carboxylic acids is 7. The fraction of sp³-hybridized carbons (Fsp3) is 0.571. The lowest BCUT2D eigenvalue weighted by Gasteiger charge is -1.89. The molecule has 0 aliphatic carbocycles. The number of carboxylic acid groups (broad SMARTS) is 8. The quantitative estimate of drug-likeness (QED) is 0.153. The molecule has 0 saturated carbocycles. The minimum Gasteiger partial charge on any atom is -0.483 e. The lowest BCUT2D eigenvalue weighted by Crippen LogP contribution is -2.05. The first-order chi connectivity index (χ1) is 17.1. The Morgan fingerprint density at radius 2 is 0.816 bits per heavy atom. The minimum absolute atomic E-state index is 0.222. The van der Waals surface area contributed by atoms with Gasteiger partial charge in [0.1, 0.15) is 0 Å².